The largest absolute Gasteiger partial charge is 0.416 e. The van der Waals surface area contributed by atoms with Crippen molar-refractivity contribution in [3.63, 3.8) is 0 Å². The summed E-state index contributed by atoms with van der Waals surface area (Å²) in [4.78, 5) is 0. The molecule has 2 N–H and O–H groups in total. The zero-order valence-corrected chi connectivity index (χ0v) is 10.7. The van der Waals surface area contributed by atoms with Crippen molar-refractivity contribution in [2.75, 3.05) is 0 Å². The van der Waals surface area contributed by atoms with Gasteiger partial charge in [-0.15, -0.1) is 0 Å². The predicted octanol–water partition coefficient (Wildman–Crippen LogP) is 4.07. The Balaban J connectivity index is 2.37. The number of halogens is 4. The van der Waals surface area contributed by atoms with Gasteiger partial charge in [-0.25, -0.2) is 4.39 Å². The summed E-state index contributed by atoms with van der Waals surface area (Å²) in [5.41, 5.74) is 5.60. The first-order valence-electron chi connectivity index (χ1n) is 5.94. The van der Waals surface area contributed by atoms with Gasteiger partial charge in [0, 0.05) is 0 Å². The second-order valence-corrected chi connectivity index (χ2v) is 4.78. The van der Waals surface area contributed by atoms with E-state index in [4.69, 9.17) is 5.73 Å². The fourth-order valence-electron chi connectivity index (χ4n) is 1.97. The van der Waals surface area contributed by atoms with E-state index >= 15 is 0 Å². The van der Waals surface area contributed by atoms with Crippen LogP contribution >= 0.6 is 0 Å². The molecule has 1 atom stereocenters. The summed E-state index contributed by atoms with van der Waals surface area (Å²) in [7, 11) is 0. The number of hydrogen-bond donors (Lipinski definition) is 1. The van der Waals surface area contributed by atoms with Crippen molar-refractivity contribution in [2.45, 2.75) is 18.6 Å². The molecule has 0 heterocycles. The monoisotopic (exact) mass is 283 g/mol. The topological polar surface area (TPSA) is 26.0 Å². The van der Waals surface area contributed by atoms with Crippen LogP contribution in [-0.2, 0) is 11.7 Å². The smallest absolute Gasteiger partial charge is 0.318 e. The van der Waals surface area contributed by atoms with Crippen molar-refractivity contribution in [3.8, 4) is 0 Å². The van der Waals surface area contributed by atoms with Crippen LogP contribution in [0.25, 0.3) is 0 Å². The number of benzene rings is 2. The van der Waals surface area contributed by atoms with E-state index in [-0.39, 0.29) is 0 Å². The summed E-state index contributed by atoms with van der Waals surface area (Å²) in [5, 5.41) is 0. The van der Waals surface area contributed by atoms with Crippen molar-refractivity contribution in [1.82, 2.24) is 0 Å². The molecule has 20 heavy (non-hydrogen) atoms. The molecule has 0 saturated heterocycles. The van der Waals surface area contributed by atoms with Gasteiger partial charge in [-0.2, -0.15) is 13.2 Å². The molecular weight excluding hydrogens is 270 g/mol. The summed E-state index contributed by atoms with van der Waals surface area (Å²) >= 11 is 0. The van der Waals surface area contributed by atoms with Crippen molar-refractivity contribution < 1.29 is 17.6 Å². The molecule has 1 nitrogen and oxygen atoms in total. The number of alkyl halides is 3. The van der Waals surface area contributed by atoms with Crippen LogP contribution in [0, 0.1) is 5.82 Å². The number of rotatable bonds is 2. The molecule has 1 unspecified atom stereocenters. The molecule has 5 heteroatoms. The van der Waals surface area contributed by atoms with Crippen molar-refractivity contribution in [1.29, 1.82) is 0 Å². The molecule has 0 radical (unpaired) electrons. The SMILES string of the molecule is CC(N)(c1ccc(F)cc1)c1ccc(C(F)(F)F)cc1. The Kier molecular flexibility index (Phi) is 3.56. The summed E-state index contributed by atoms with van der Waals surface area (Å²) in [6.45, 7) is 1.67. The average molecular weight is 283 g/mol. The molecule has 0 fully saturated rings. The predicted molar refractivity (Wildman–Crippen MR) is 68.5 cm³/mol. The molecule has 2 aromatic rings. The van der Waals surface area contributed by atoms with Crippen LogP contribution in [-0.4, -0.2) is 0 Å². The van der Waals surface area contributed by atoms with Gasteiger partial charge in [-0.3, -0.25) is 0 Å². The van der Waals surface area contributed by atoms with Gasteiger partial charge in [0.15, 0.2) is 0 Å². The standard InChI is InChI=1S/C15H13F4N/c1-14(20,11-6-8-13(16)9-7-11)10-2-4-12(5-3-10)15(17,18)19/h2-9H,20H2,1H3. The highest BCUT2D eigenvalue weighted by atomic mass is 19.4. The molecule has 0 spiro atoms. The molecule has 2 rings (SSSR count). The molecule has 0 aliphatic carbocycles. The molecule has 0 aliphatic rings. The fourth-order valence-corrected chi connectivity index (χ4v) is 1.97. The quantitative estimate of drug-likeness (QED) is 0.826. The zero-order chi connectivity index (χ0) is 15.0. The van der Waals surface area contributed by atoms with Gasteiger partial charge in [-0.1, -0.05) is 24.3 Å². The minimum absolute atomic E-state index is 0.392. The maximum absolute atomic E-state index is 12.9. The Labute approximate surface area is 114 Å². The number of hydrogen-bond acceptors (Lipinski definition) is 1. The highest BCUT2D eigenvalue weighted by molar-refractivity contribution is 5.38. The minimum Gasteiger partial charge on any atom is -0.318 e. The van der Waals surface area contributed by atoms with E-state index in [1.165, 1.54) is 36.4 Å². The van der Waals surface area contributed by atoms with E-state index in [0.29, 0.717) is 11.1 Å². The second kappa shape index (κ2) is 4.90. The van der Waals surface area contributed by atoms with Crippen molar-refractivity contribution >= 4 is 0 Å². The molecule has 0 bridgehead atoms. The highest BCUT2D eigenvalue weighted by Gasteiger charge is 2.31. The molecule has 0 amide bonds. The van der Waals surface area contributed by atoms with Crippen LogP contribution in [0.4, 0.5) is 17.6 Å². The van der Waals surface area contributed by atoms with Crippen LogP contribution < -0.4 is 5.73 Å². The third kappa shape index (κ3) is 2.82. The molecule has 0 saturated carbocycles. The highest BCUT2D eigenvalue weighted by Crippen LogP contribution is 2.32. The molecule has 0 aromatic heterocycles. The van der Waals surface area contributed by atoms with Gasteiger partial charge in [0.05, 0.1) is 11.1 Å². The third-order valence-electron chi connectivity index (χ3n) is 3.26. The lowest BCUT2D eigenvalue weighted by atomic mass is 9.85. The lowest BCUT2D eigenvalue weighted by molar-refractivity contribution is -0.137. The van der Waals surface area contributed by atoms with E-state index in [2.05, 4.69) is 0 Å². The molecular formula is C15H13F4N. The van der Waals surface area contributed by atoms with E-state index in [1.807, 2.05) is 0 Å². The zero-order valence-electron chi connectivity index (χ0n) is 10.7. The van der Waals surface area contributed by atoms with Crippen LogP contribution in [0.2, 0.25) is 0 Å². The van der Waals surface area contributed by atoms with E-state index in [0.717, 1.165) is 12.1 Å². The Hall–Kier alpha value is -1.88. The van der Waals surface area contributed by atoms with Crippen LogP contribution in [0.1, 0.15) is 23.6 Å². The summed E-state index contributed by atoms with van der Waals surface area (Å²) < 4.78 is 50.4. The van der Waals surface area contributed by atoms with Gasteiger partial charge >= 0.3 is 6.18 Å². The van der Waals surface area contributed by atoms with Crippen LogP contribution in [0.3, 0.4) is 0 Å². The van der Waals surface area contributed by atoms with Gasteiger partial charge in [0.1, 0.15) is 5.82 Å². The first-order chi connectivity index (χ1) is 9.21. The maximum Gasteiger partial charge on any atom is 0.416 e. The Bertz CT molecular complexity index is 583. The van der Waals surface area contributed by atoms with Gasteiger partial charge in [0.2, 0.25) is 0 Å². The normalized spacial score (nSPS) is 14.9. The van der Waals surface area contributed by atoms with Gasteiger partial charge in [0.25, 0.3) is 0 Å². The van der Waals surface area contributed by atoms with E-state index < -0.39 is 23.1 Å². The first-order valence-corrected chi connectivity index (χ1v) is 5.94. The molecule has 2 aromatic carbocycles. The van der Waals surface area contributed by atoms with Gasteiger partial charge in [-0.05, 0) is 42.3 Å². The summed E-state index contributed by atoms with van der Waals surface area (Å²) in [6, 6.07) is 10.2. The van der Waals surface area contributed by atoms with Crippen molar-refractivity contribution in [3.05, 3.63) is 71.0 Å². The Morgan fingerprint density at radius 3 is 1.50 bits per heavy atom. The lowest BCUT2D eigenvalue weighted by Crippen LogP contribution is -2.34. The average Bonchev–Trinajstić information content (AvgIpc) is 2.38. The van der Waals surface area contributed by atoms with E-state index in [1.54, 1.807) is 6.92 Å². The second-order valence-electron chi connectivity index (χ2n) is 4.78. The number of nitrogens with two attached hydrogens (primary N) is 1. The minimum atomic E-state index is -4.38. The fraction of sp³-hybridized carbons (Fsp3) is 0.200. The Morgan fingerprint density at radius 2 is 1.10 bits per heavy atom. The summed E-state index contributed by atoms with van der Waals surface area (Å²) in [6.07, 6.45) is -4.38. The lowest BCUT2D eigenvalue weighted by Gasteiger charge is -2.26. The maximum atomic E-state index is 12.9. The molecule has 106 valence electrons. The Morgan fingerprint density at radius 1 is 0.750 bits per heavy atom. The summed E-state index contributed by atoms with van der Waals surface area (Å²) in [5.74, 6) is -0.392. The third-order valence-corrected chi connectivity index (χ3v) is 3.26. The van der Waals surface area contributed by atoms with Crippen LogP contribution in [0.5, 0.6) is 0 Å². The molecule has 0 aliphatic heterocycles. The van der Waals surface area contributed by atoms with Gasteiger partial charge < -0.3 is 5.73 Å². The first kappa shape index (κ1) is 14.5. The van der Waals surface area contributed by atoms with Crippen LogP contribution in [0.15, 0.2) is 48.5 Å². The van der Waals surface area contributed by atoms with Crippen molar-refractivity contribution in [2.24, 2.45) is 5.73 Å². The van der Waals surface area contributed by atoms with E-state index in [9.17, 15) is 17.6 Å².